The van der Waals surface area contributed by atoms with Crippen molar-refractivity contribution in [1.82, 2.24) is 15.5 Å². The van der Waals surface area contributed by atoms with Crippen LogP contribution >= 0.6 is 0 Å². The fourth-order valence-electron chi connectivity index (χ4n) is 4.02. The smallest absolute Gasteiger partial charge is 0.393 e. The van der Waals surface area contributed by atoms with Gasteiger partial charge >= 0.3 is 12.4 Å². The van der Waals surface area contributed by atoms with Gasteiger partial charge < -0.3 is 15.7 Å². The number of nitrogens with one attached hydrogen (secondary N) is 2. The number of hydrogen-bond donors (Lipinski definition) is 3. The molecule has 2 amide bonds. The van der Waals surface area contributed by atoms with Gasteiger partial charge in [-0.05, 0) is 43.9 Å². The lowest BCUT2D eigenvalue weighted by atomic mass is 9.89. The van der Waals surface area contributed by atoms with Gasteiger partial charge in [0, 0.05) is 19.1 Å². The first kappa shape index (κ1) is 24.3. The summed E-state index contributed by atoms with van der Waals surface area (Å²) in [5.74, 6) is -2.07. The molecular weight excluding hydrogens is 444 g/mol. The molecule has 1 aliphatic heterocycles. The van der Waals surface area contributed by atoms with E-state index >= 15 is 0 Å². The van der Waals surface area contributed by atoms with Crippen LogP contribution in [0.25, 0.3) is 0 Å². The molecule has 1 aromatic carbocycles. The Morgan fingerprint density at radius 2 is 1.62 bits per heavy atom. The van der Waals surface area contributed by atoms with Gasteiger partial charge in [0.1, 0.15) is 0 Å². The molecule has 32 heavy (non-hydrogen) atoms. The molecule has 178 valence electrons. The molecule has 12 heteroatoms. The van der Waals surface area contributed by atoms with E-state index in [1.54, 1.807) is 0 Å². The van der Waals surface area contributed by atoms with E-state index in [1.165, 1.54) is 0 Å². The summed E-state index contributed by atoms with van der Waals surface area (Å²) in [7, 11) is 0. The summed E-state index contributed by atoms with van der Waals surface area (Å²) in [6, 6.07) is 0.715. The highest BCUT2D eigenvalue weighted by atomic mass is 19.4. The molecule has 1 heterocycles. The molecule has 2 aliphatic rings. The Hall–Kier alpha value is -2.34. The topological polar surface area (TPSA) is 81.7 Å². The predicted octanol–water partition coefficient (Wildman–Crippen LogP) is 2.56. The Balaban J connectivity index is 1.52. The first-order valence-electron chi connectivity index (χ1n) is 10.1. The third kappa shape index (κ3) is 5.91. The fraction of sp³-hybridized carbons (Fsp3) is 0.600. The molecule has 0 atom stereocenters. The molecule has 1 saturated carbocycles. The summed E-state index contributed by atoms with van der Waals surface area (Å²) < 4.78 is 77.9. The summed E-state index contributed by atoms with van der Waals surface area (Å²) in [5.41, 5.74) is -4.12. The lowest BCUT2D eigenvalue weighted by Gasteiger charge is -2.46. The molecule has 3 rings (SSSR count). The minimum atomic E-state index is -5.04. The number of carbonyl (C=O) groups excluding carboxylic acids is 2. The van der Waals surface area contributed by atoms with Crippen molar-refractivity contribution in [3.05, 3.63) is 34.9 Å². The summed E-state index contributed by atoms with van der Waals surface area (Å²) in [6.45, 7) is 0.483. The molecule has 0 bridgehead atoms. The molecule has 1 saturated heterocycles. The predicted molar refractivity (Wildman–Crippen MR) is 101 cm³/mol. The van der Waals surface area contributed by atoms with Crippen LogP contribution in [-0.2, 0) is 17.1 Å². The first-order valence-corrected chi connectivity index (χ1v) is 10.1. The molecule has 1 aromatic rings. The van der Waals surface area contributed by atoms with Gasteiger partial charge in [-0.2, -0.15) is 26.3 Å². The third-order valence-electron chi connectivity index (χ3n) is 5.76. The largest absolute Gasteiger partial charge is 0.417 e. The van der Waals surface area contributed by atoms with Crippen LogP contribution in [0, 0.1) is 0 Å². The quantitative estimate of drug-likeness (QED) is 0.582. The molecule has 1 aliphatic carbocycles. The van der Waals surface area contributed by atoms with Gasteiger partial charge in [-0.25, -0.2) is 0 Å². The fourth-order valence-corrected chi connectivity index (χ4v) is 4.02. The van der Waals surface area contributed by atoms with Gasteiger partial charge in [0.05, 0.1) is 35.4 Å². The van der Waals surface area contributed by atoms with Gasteiger partial charge in [-0.3, -0.25) is 14.5 Å². The number of aliphatic hydroxyl groups excluding tert-OH is 1. The Bertz CT molecular complexity index is 844. The van der Waals surface area contributed by atoms with Crippen LogP contribution in [0.1, 0.15) is 47.2 Å². The maximum absolute atomic E-state index is 13.1. The third-order valence-corrected chi connectivity index (χ3v) is 5.76. The molecule has 0 unspecified atom stereocenters. The van der Waals surface area contributed by atoms with Crippen molar-refractivity contribution >= 4 is 11.8 Å². The highest BCUT2D eigenvalue weighted by Gasteiger charge is 2.39. The van der Waals surface area contributed by atoms with E-state index < -0.39 is 47.4 Å². The van der Waals surface area contributed by atoms with E-state index in [-0.39, 0.29) is 30.3 Å². The molecule has 0 radical (unpaired) electrons. The zero-order valence-corrected chi connectivity index (χ0v) is 16.9. The average Bonchev–Trinajstić information content (AvgIpc) is 2.67. The van der Waals surface area contributed by atoms with Crippen molar-refractivity contribution in [1.29, 1.82) is 0 Å². The van der Waals surface area contributed by atoms with Crippen LogP contribution in [-0.4, -0.2) is 59.6 Å². The number of carbonyl (C=O) groups is 2. The molecule has 6 nitrogen and oxygen atoms in total. The van der Waals surface area contributed by atoms with Gasteiger partial charge in [0.15, 0.2) is 0 Å². The zero-order chi connectivity index (χ0) is 23.7. The Labute approximate surface area is 179 Å². The van der Waals surface area contributed by atoms with Crippen LogP contribution < -0.4 is 10.6 Å². The lowest BCUT2D eigenvalue weighted by molar-refractivity contribution is -0.141. The van der Waals surface area contributed by atoms with Crippen LogP contribution in [0.3, 0.4) is 0 Å². The van der Waals surface area contributed by atoms with E-state index in [2.05, 4.69) is 10.2 Å². The minimum Gasteiger partial charge on any atom is -0.393 e. The first-order chi connectivity index (χ1) is 14.8. The van der Waals surface area contributed by atoms with Crippen molar-refractivity contribution in [3.8, 4) is 0 Å². The SMILES string of the molecule is O=C(CNC(=O)c1cc(C(F)(F)F)ccc1C(F)(F)F)NC1CN(C2CCC(O)CC2)C1. The van der Waals surface area contributed by atoms with Crippen LogP contribution in [0.5, 0.6) is 0 Å². The standard InChI is InChI=1S/C20H23F6N3O3/c21-19(22,23)11-1-6-16(20(24,25)26)15(7-11)18(32)27-8-17(31)28-12-9-29(10-12)13-2-4-14(30)5-3-13/h1,6-7,12-14,30H,2-5,8-10H2,(H,27,32)(H,28,31). The number of rotatable bonds is 5. The molecule has 0 aromatic heterocycles. The lowest BCUT2D eigenvalue weighted by Crippen LogP contribution is -2.63. The Morgan fingerprint density at radius 3 is 2.19 bits per heavy atom. The number of aliphatic hydroxyl groups is 1. The van der Waals surface area contributed by atoms with Gasteiger partial charge in [0.25, 0.3) is 5.91 Å². The van der Waals surface area contributed by atoms with E-state index in [9.17, 15) is 41.0 Å². The molecule has 3 N–H and O–H groups in total. The van der Waals surface area contributed by atoms with Gasteiger partial charge in [-0.15, -0.1) is 0 Å². The number of alkyl halides is 6. The second kappa shape index (κ2) is 9.26. The number of likely N-dealkylation sites (tertiary alicyclic amines) is 1. The maximum Gasteiger partial charge on any atom is 0.417 e. The van der Waals surface area contributed by atoms with E-state index in [4.69, 9.17) is 0 Å². The van der Waals surface area contributed by atoms with E-state index in [0.29, 0.717) is 19.1 Å². The van der Waals surface area contributed by atoms with E-state index in [1.807, 2.05) is 5.32 Å². The van der Waals surface area contributed by atoms with Crippen molar-refractivity contribution < 1.29 is 41.0 Å². The van der Waals surface area contributed by atoms with E-state index in [0.717, 1.165) is 25.7 Å². The molecule has 0 spiro atoms. The van der Waals surface area contributed by atoms with Crippen molar-refractivity contribution in [2.75, 3.05) is 19.6 Å². The second-order valence-electron chi connectivity index (χ2n) is 8.12. The number of benzene rings is 1. The van der Waals surface area contributed by atoms with Crippen LogP contribution in [0.15, 0.2) is 18.2 Å². The summed E-state index contributed by atoms with van der Waals surface area (Å²) in [6.07, 6.45) is -7.08. The zero-order valence-electron chi connectivity index (χ0n) is 16.9. The molecule has 2 fully saturated rings. The Morgan fingerprint density at radius 1 is 1.00 bits per heavy atom. The monoisotopic (exact) mass is 467 g/mol. The van der Waals surface area contributed by atoms with Gasteiger partial charge in [-0.1, -0.05) is 0 Å². The maximum atomic E-state index is 13.1. The minimum absolute atomic E-state index is 0.126. The van der Waals surface area contributed by atoms with Crippen molar-refractivity contribution in [2.45, 2.75) is 56.2 Å². The van der Waals surface area contributed by atoms with Crippen molar-refractivity contribution in [2.24, 2.45) is 0 Å². The number of nitrogens with zero attached hydrogens (tertiary/aromatic N) is 1. The summed E-state index contributed by atoms with van der Waals surface area (Å²) in [5, 5.41) is 14.1. The number of hydrogen-bond acceptors (Lipinski definition) is 4. The average molecular weight is 467 g/mol. The summed E-state index contributed by atoms with van der Waals surface area (Å²) in [4.78, 5) is 26.4. The second-order valence-corrected chi connectivity index (χ2v) is 8.12. The normalized spacial score (nSPS) is 22.8. The molecular formula is C20H23F6N3O3. The highest BCUT2D eigenvalue weighted by Crippen LogP contribution is 2.36. The summed E-state index contributed by atoms with van der Waals surface area (Å²) >= 11 is 0. The van der Waals surface area contributed by atoms with Crippen LogP contribution in [0.4, 0.5) is 26.3 Å². The number of amides is 2. The Kier molecular flexibility index (Phi) is 7.03. The van der Waals surface area contributed by atoms with Crippen molar-refractivity contribution in [3.63, 3.8) is 0 Å². The van der Waals surface area contributed by atoms with Gasteiger partial charge in [0.2, 0.25) is 5.91 Å². The number of halogens is 6. The highest BCUT2D eigenvalue weighted by molar-refractivity contribution is 5.98. The van der Waals surface area contributed by atoms with Crippen LogP contribution in [0.2, 0.25) is 0 Å².